The summed E-state index contributed by atoms with van der Waals surface area (Å²) in [6.45, 7) is 0. The maximum atomic E-state index is 13.5. The first kappa shape index (κ1) is 22.3. The number of nitrogens with zero attached hydrogens (tertiary/aromatic N) is 2. The number of carbonyl (C=O) groups is 1. The Labute approximate surface area is 194 Å². The van der Waals surface area contributed by atoms with Gasteiger partial charge in [-0.1, -0.05) is 48.2 Å². The molecule has 0 aliphatic carbocycles. The molecule has 0 spiro atoms. The smallest absolute Gasteiger partial charge is 0.261 e. The van der Waals surface area contributed by atoms with Crippen molar-refractivity contribution in [2.24, 2.45) is 7.05 Å². The lowest BCUT2D eigenvalue weighted by molar-refractivity contribution is -0.111. The van der Waals surface area contributed by atoms with Crippen molar-refractivity contribution in [2.45, 2.75) is 10.9 Å². The van der Waals surface area contributed by atoms with Crippen molar-refractivity contribution < 1.29 is 9.18 Å². The quantitative estimate of drug-likeness (QED) is 0.190. The van der Waals surface area contributed by atoms with Gasteiger partial charge in [0, 0.05) is 24.9 Å². The summed E-state index contributed by atoms with van der Waals surface area (Å²) in [6, 6.07) is 18.7. The number of hydrogen-bond donors (Lipinski definition) is 2. The van der Waals surface area contributed by atoms with Crippen LogP contribution in [0.2, 0.25) is 0 Å². The van der Waals surface area contributed by atoms with Crippen molar-refractivity contribution in [2.75, 3.05) is 11.1 Å². The van der Waals surface area contributed by atoms with E-state index in [9.17, 15) is 14.0 Å². The number of carbonyl (C=O) groups excluding carboxylic acids is 1. The van der Waals surface area contributed by atoms with Crippen LogP contribution in [0.15, 0.2) is 82.8 Å². The molecular formula is C25H21FN4O2S. The Bertz CT molecular complexity index is 1410. The van der Waals surface area contributed by atoms with Crippen LogP contribution in [0.3, 0.4) is 0 Å². The Kier molecular flexibility index (Phi) is 6.55. The van der Waals surface area contributed by atoms with Crippen LogP contribution in [0.4, 0.5) is 15.8 Å². The van der Waals surface area contributed by atoms with Crippen LogP contribution in [0, 0.1) is 5.82 Å². The van der Waals surface area contributed by atoms with E-state index in [4.69, 9.17) is 5.73 Å². The number of halogens is 1. The molecule has 166 valence electrons. The Balaban J connectivity index is 1.40. The third-order valence-corrected chi connectivity index (χ3v) is 6.09. The zero-order chi connectivity index (χ0) is 23.4. The fraction of sp³-hybridized carbons (Fsp3) is 0.0800. The van der Waals surface area contributed by atoms with E-state index in [0.29, 0.717) is 33.2 Å². The normalized spacial score (nSPS) is 11.2. The summed E-state index contributed by atoms with van der Waals surface area (Å²) in [6.07, 6.45) is 3.17. The first-order valence-electron chi connectivity index (χ1n) is 10.1. The number of rotatable bonds is 6. The van der Waals surface area contributed by atoms with Gasteiger partial charge in [-0.15, -0.1) is 0 Å². The van der Waals surface area contributed by atoms with Gasteiger partial charge >= 0.3 is 0 Å². The second-order valence-corrected chi connectivity index (χ2v) is 8.30. The molecule has 0 saturated heterocycles. The number of anilines is 2. The fourth-order valence-corrected chi connectivity index (χ4v) is 4.11. The SMILES string of the molecule is Cn1c(SCc2ccc(/C=C/C(=O)Nc3ccccc3N)cc2)nc2cc(F)ccc2c1=O. The van der Waals surface area contributed by atoms with E-state index in [2.05, 4.69) is 10.3 Å². The van der Waals surface area contributed by atoms with Crippen LogP contribution >= 0.6 is 11.8 Å². The predicted octanol–water partition coefficient (Wildman–Crippen LogP) is 4.60. The minimum atomic E-state index is -0.427. The molecule has 1 amide bonds. The molecule has 3 N–H and O–H groups in total. The van der Waals surface area contributed by atoms with Crippen molar-refractivity contribution in [1.29, 1.82) is 0 Å². The Morgan fingerprint density at radius 3 is 2.67 bits per heavy atom. The number of fused-ring (bicyclic) bond motifs is 1. The molecule has 33 heavy (non-hydrogen) atoms. The molecule has 1 aromatic heterocycles. The van der Waals surface area contributed by atoms with Gasteiger partial charge in [-0.2, -0.15) is 0 Å². The van der Waals surface area contributed by atoms with E-state index in [1.54, 1.807) is 37.4 Å². The minimum absolute atomic E-state index is 0.210. The average Bonchev–Trinajstić information content (AvgIpc) is 2.81. The molecule has 0 radical (unpaired) electrons. The zero-order valence-corrected chi connectivity index (χ0v) is 18.6. The van der Waals surface area contributed by atoms with Crippen molar-refractivity contribution in [3.63, 3.8) is 0 Å². The lowest BCUT2D eigenvalue weighted by Crippen LogP contribution is -2.20. The van der Waals surface area contributed by atoms with Crippen LogP contribution in [0.1, 0.15) is 11.1 Å². The van der Waals surface area contributed by atoms with E-state index >= 15 is 0 Å². The monoisotopic (exact) mass is 460 g/mol. The van der Waals surface area contributed by atoms with Gasteiger partial charge in [0.2, 0.25) is 5.91 Å². The molecule has 0 saturated carbocycles. The van der Waals surface area contributed by atoms with Crippen LogP contribution in [0.5, 0.6) is 0 Å². The number of nitrogen functional groups attached to an aromatic ring is 1. The summed E-state index contributed by atoms with van der Waals surface area (Å²) in [7, 11) is 1.66. The molecule has 0 atom stereocenters. The number of nitrogens with two attached hydrogens (primary N) is 1. The molecule has 0 unspecified atom stereocenters. The number of hydrogen-bond acceptors (Lipinski definition) is 5. The lowest BCUT2D eigenvalue weighted by atomic mass is 10.1. The molecular weight excluding hydrogens is 439 g/mol. The number of benzene rings is 3. The topological polar surface area (TPSA) is 90.0 Å². The molecule has 8 heteroatoms. The molecule has 0 aliphatic heterocycles. The highest BCUT2D eigenvalue weighted by Gasteiger charge is 2.10. The van der Waals surface area contributed by atoms with Gasteiger partial charge in [0.1, 0.15) is 5.82 Å². The van der Waals surface area contributed by atoms with Crippen molar-refractivity contribution >= 4 is 46.0 Å². The molecule has 4 aromatic rings. The number of para-hydroxylation sites is 2. The molecule has 0 aliphatic rings. The summed E-state index contributed by atoms with van der Waals surface area (Å²) in [5.41, 5.74) is 8.93. The molecule has 1 heterocycles. The standard InChI is InChI=1S/C25H21FN4O2S/c1-30-24(32)19-12-11-18(26)14-22(19)29-25(30)33-15-17-8-6-16(7-9-17)10-13-23(31)28-21-5-3-2-4-20(21)27/h2-14H,15,27H2,1H3,(H,28,31)/b13-10+. The van der Waals surface area contributed by atoms with Crippen LogP contribution in [-0.2, 0) is 17.6 Å². The van der Waals surface area contributed by atoms with Gasteiger partial charge in [-0.25, -0.2) is 9.37 Å². The molecule has 0 fully saturated rings. The third-order valence-electron chi connectivity index (χ3n) is 4.99. The van der Waals surface area contributed by atoms with E-state index in [1.807, 2.05) is 24.3 Å². The Morgan fingerprint density at radius 2 is 1.91 bits per heavy atom. The van der Waals surface area contributed by atoms with Crippen LogP contribution in [-0.4, -0.2) is 15.5 Å². The second-order valence-electron chi connectivity index (χ2n) is 7.36. The minimum Gasteiger partial charge on any atom is -0.397 e. The maximum absolute atomic E-state index is 13.5. The third kappa shape index (κ3) is 5.30. The largest absolute Gasteiger partial charge is 0.397 e. The molecule has 6 nitrogen and oxygen atoms in total. The fourth-order valence-electron chi connectivity index (χ4n) is 3.18. The highest BCUT2D eigenvalue weighted by molar-refractivity contribution is 7.98. The molecule has 0 bridgehead atoms. The first-order chi connectivity index (χ1) is 15.9. The van der Waals surface area contributed by atoms with Gasteiger partial charge in [0.25, 0.3) is 5.56 Å². The number of nitrogens with one attached hydrogen (secondary N) is 1. The summed E-state index contributed by atoms with van der Waals surface area (Å²) in [5.74, 6) is -0.116. The number of aromatic nitrogens is 2. The first-order valence-corrected chi connectivity index (χ1v) is 11.1. The van der Waals surface area contributed by atoms with Gasteiger partial charge in [-0.05, 0) is 41.5 Å². The molecule has 4 rings (SSSR count). The molecule has 3 aromatic carbocycles. The van der Waals surface area contributed by atoms with Crippen LogP contribution in [0.25, 0.3) is 17.0 Å². The zero-order valence-electron chi connectivity index (χ0n) is 17.8. The second kappa shape index (κ2) is 9.70. The lowest BCUT2D eigenvalue weighted by Gasteiger charge is -2.09. The highest BCUT2D eigenvalue weighted by atomic mass is 32.2. The number of amides is 1. The van der Waals surface area contributed by atoms with E-state index in [-0.39, 0.29) is 11.5 Å². The van der Waals surface area contributed by atoms with Crippen molar-refractivity contribution in [3.8, 4) is 0 Å². The Morgan fingerprint density at radius 1 is 1.15 bits per heavy atom. The van der Waals surface area contributed by atoms with Gasteiger partial charge in [0.15, 0.2) is 5.16 Å². The highest BCUT2D eigenvalue weighted by Crippen LogP contribution is 2.22. The van der Waals surface area contributed by atoms with E-state index in [0.717, 1.165) is 11.1 Å². The Hall–Kier alpha value is -3.91. The average molecular weight is 461 g/mol. The summed E-state index contributed by atoms with van der Waals surface area (Å²) < 4.78 is 15.0. The van der Waals surface area contributed by atoms with Gasteiger partial charge in [0.05, 0.1) is 22.3 Å². The predicted molar refractivity (Wildman–Crippen MR) is 131 cm³/mol. The maximum Gasteiger partial charge on any atom is 0.261 e. The van der Waals surface area contributed by atoms with Crippen LogP contribution < -0.4 is 16.6 Å². The number of thioether (sulfide) groups is 1. The van der Waals surface area contributed by atoms with E-state index < -0.39 is 5.82 Å². The van der Waals surface area contributed by atoms with Crippen molar-refractivity contribution in [1.82, 2.24) is 9.55 Å². The van der Waals surface area contributed by atoms with E-state index in [1.165, 1.54) is 40.6 Å². The van der Waals surface area contributed by atoms with Gasteiger partial charge < -0.3 is 11.1 Å². The summed E-state index contributed by atoms with van der Waals surface area (Å²) in [5, 5.41) is 3.64. The summed E-state index contributed by atoms with van der Waals surface area (Å²) >= 11 is 1.40. The van der Waals surface area contributed by atoms with Crippen molar-refractivity contribution in [3.05, 3.63) is 100 Å². The summed E-state index contributed by atoms with van der Waals surface area (Å²) in [4.78, 5) is 29.1. The van der Waals surface area contributed by atoms with Gasteiger partial charge in [-0.3, -0.25) is 14.2 Å².